The standard InChI is InChI=1S/C14H26N2S/c1-4-16(12-14-8-7-11-17-14)10-6-5-9-15-13(2)3/h7-8,11,13,15H,4-6,9-10,12H2,1-3H3. The highest BCUT2D eigenvalue weighted by atomic mass is 32.1. The molecule has 0 amide bonds. The van der Waals surface area contributed by atoms with E-state index in [0.29, 0.717) is 6.04 Å². The first-order valence-electron chi connectivity index (χ1n) is 6.70. The molecule has 1 heterocycles. The second-order valence-electron chi connectivity index (χ2n) is 4.76. The molecule has 0 aliphatic rings. The molecule has 1 rings (SSSR count). The van der Waals surface area contributed by atoms with Crippen LogP contribution in [0.2, 0.25) is 0 Å². The third kappa shape index (κ3) is 6.81. The Morgan fingerprint density at radius 3 is 2.76 bits per heavy atom. The summed E-state index contributed by atoms with van der Waals surface area (Å²) in [5.41, 5.74) is 0. The molecule has 1 aromatic rings. The topological polar surface area (TPSA) is 15.3 Å². The molecule has 1 aromatic heterocycles. The lowest BCUT2D eigenvalue weighted by atomic mass is 10.2. The van der Waals surface area contributed by atoms with E-state index < -0.39 is 0 Å². The van der Waals surface area contributed by atoms with Gasteiger partial charge < -0.3 is 5.32 Å². The van der Waals surface area contributed by atoms with E-state index in [0.717, 1.165) is 19.6 Å². The van der Waals surface area contributed by atoms with Crippen LogP contribution >= 0.6 is 11.3 Å². The van der Waals surface area contributed by atoms with Crippen molar-refractivity contribution in [3.63, 3.8) is 0 Å². The Balaban J connectivity index is 2.10. The molecule has 0 bridgehead atoms. The molecule has 1 N–H and O–H groups in total. The van der Waals surface area contributed by atoms with E-state index in [-0.39, 0.29) is 0 Å². The summed E-state index contributed by atoms with van der Waals surface area (Å²) in [7, 11) is 0. The van der Waals surface area contributed by atoms with E-state index in [4.69, 9.17) is 0 Å². The van der Waals surface area contributed by atoms with Gasteiger partial charge in [0.1, 0.15) is 0 Å². The van der Waals surface area contributed by atoms with Crippen molar-refractivity contribution in [3.8, 4) is 0 Å². The van der Waals surface area contributed by atoms with Gasteiger partial charge in [0.25, 0.3) is 0 Å². The Bertz CT molecular complexity index is 270. The summed E-state index contributed by atoms with van der Waals surface area (Å²) in [4.78, 5) is 4.01. The summed E-state index contributed by atoms with van der Waals surface area (Å²) in [6.07, 6.45) is 2.57. The number of nitrogens with one attached hydrogen (secondary N) is 1. The van der Waals surface area contributed by atoms with E-state index in [1.165, 1.54) is 24.3 Å². The lowest BCUT2D eigenvalue weighted by Gasteiger charge is -2.19. The molecule has 0 fully saturated rings. The molecular weight excluding hydrogens is 228 g/mol. The Labute approximate surface area is 110 Å². The van der Waals surface area contributed by atoms with E-state index in [2.05, 4.69) is 48.5 Å². The maximum absolute atomic E-state index is 3.47. The molecule has 0 saturated heterocycles. The second-order valence-corrected chi connectivity index (χ2v) is 5.80. The van der Waals surface area contributed by atoms with Gasteiger partial charge in [-0.1, -0.05) is 26.8 Å². The predicted octanol–water partition coefficient (Wildman–Crippen LogP) is 3.35. The zero-order chi connectivity index (χ0) is 12.5. The molecule has 0 aliphatic heterocycles. The molecular formula is C14H26N2S. The quantitative estimate of drug-likeness (QED) is 0.680. The fourth-order valence-corrected chi connectivity index (χ4v) is 2.57. The average Bonchev–Trinajstić information content (AvgIpc) is 2.79. The summed E-state index contributed by atoms with van der Waals surface area (Å²) in [5, 5.41) is 5.63. The number of rotatable bonds is 9. The third-order valence-electron chi connectivity index (χ3n) is 2.86. The number of hydrogen-bond acceptors (Lipinski definition) is 3. The Morgan fingerprint density at radius 2 is 2.18 bits per heavy atom. The summed E-state index contributed by atoms with van der Waals surface area (Å²) >= 11 is 1.86. The van der Waals surface area contributed by atoms with Crippen LogP contribution in [0.1, 0.15) is 38.5 Å². The minimum atomic E-state index is 0.614. The van der Waals surface area contributed by atoms with Gasteiger partial charge in [0.2, 0.25) is 0 Å². The van der Waals surface area contributed by atoms with Crippen LogP contribution in [0.4, 0.5) is 0 Å². The van der Waals surface area contributed by atoms with Gasteiger partial charge in [0, 0.05) is 17.5 Å². The molecule has 98 valence electrons. The molecule has 3 heteroatoms. The molecule has 2 nitrogen and oxygen atoms in total. The SMILES string of the molecule is CCN(CCCCNC(C)C)Cc1cccs1. The van der Waals surface area contributed by atoms with E-state index in [9.17, 15) is 0 Å². The predicted molar refractivity (Wildman–Crippen MR) is 77.6 cm³/mol. The van der Waals surface area contributed by atoms with Gasteiger partial charge in [-0.3, -0.25) is 4.90 Å². The first-order valence-corrected chi connectivity index (χ1v) is 7.58. The van der Waals surface area contributed by atoms with Gasteiger partial charge >= 0.3 is 0 Å². The first-order chi connectivity index (χ1) is 8.22. The normalized spacial score (nSPS) is 11.6. The summed E-state index contributed by atoms with van der Waals surface area (Å²) in [5.74, 6) is 0. The monoisotopic (exact) mass is 254 g/mol. The number of hydrogen-bond donors (Lipinski definition) is 1. The maximum Gasteiger partial charge on any atom is 0.0327 e. The van der Waals surface area contributed by atoms with Gasteiger partial charge in [-0.25, -0.2) is 0 Å². The fraction of sp³-hybridized carbons (Fsp3) is 0.714. The van der Waals surface area contributed by atoms with Crippen molar-refractivity contribution in [1.29, 1.82) is 0 Å². The van der Waals surface area contributed by atoms with Gasteiger partial charge in [0.15, 0.2) is 0 Å². The second kappa shape index (κ2) is 8.67. The largest absolute Gasteiger partial charge is 0.315 e. The number of nitrogens with zero attached hydrogens (tertiary/aromatic N) is 1. The molecule has 0 atom stereocenters. The van der Waals surface area contributed by atoms with E-state index >= 15 is 0 Å². The summed E-state index contributed by atoms with van der Waals surface area (Å²) < 4.78 is 0. The highest BCUT2D eigenvalue weighted by Gasteiger charge is 2.04. The van der Waals surface area contributed by atoms with E-state index in [1.807, 2.05) is 11.3 Å². The smallest absolute Gasteiger partial charge is 0.0327 e. The zero-order valence-electron chi connectivity index (χ0n) is 11.4. The van der Waals surface area contributed by atoms with Crippen LogP contribution in [0.3, 0.4) is 0 Å². The van der Waals surface area contributed by atoms with Crippen LogP contribution in [0, 0.1) is 0 Å². The summed E-state index contributed by atoms with van der Waals surface area (Å²) in [6, 6.07) is 4.98. The minimum absolute atomic E-state index is 0.614. The van der Waals surface area contributed by atoms with Crippen LogP contribution in [-0.4, -0.2) is 30.6 Å². The molecule has 0 spiro atoms. The highest BCUT2D eigenvalue weighted by Crippen LogP contribution is 2.12. The maximum atomic E-state index is 3.47. The summed E-state index contributed by atoms with van der Waals surface area (Å²) in [6.45, 7) is 11.3. The number of unbranched alkanes of at least 4 members (excludes halogenated alkanes) is 1. The Kier molecular flexibility index (Phi) is 7.49. The molecule has 0 aliphatic carbocycles. The zero-order valence-corrected chi connectivity index (χ0v) is 12.2. The molecule has 0 aromatic carbocycles. The van der Waals surface area contributed by atoms with Crippen molar-refractivity contribution >= 4 is 11.3 Å². The van der Waals surface area contributed by atoms with Crippen molar-refractivity contribution in [2.45, 2.75) is 46.2 Å². The number of thiophene rings is 1. The van der Waals surface area contributed by atoms with Crippen LogP contribution in [0.15, 0.2) is 17.5 Å². The Morgan fingerprint density at radius 1 is 1.35 bits per heavy atom. The lowest BCUT2D eigenvalue weighted by Crippen LogP contribution is -2.26. The highest BCUT2D eigenvalue weighted by molar-refractivity contribution is 7.09. The Hall–Kier alpha value is -0.380. The van der Waals surface area contributed by atoms with E-state index in [1.54, 1.807) is 0 Å². The van der Waals surface area contributed by atoms with Gasteiger partial charge in [-0.2, -0.15) is 0 Å². The average molecular weight is 254 g/mol. The lowest BCUT2D eigenvalue weighted by molar-refractivity contribution is 0.275. The van der Waals surface area contributed by atoms with Crippen LogP contribution < -0.4 is 5.32 Å². The van der Waals surface area contributed by atoms with Crippen molar-refractivity contribution < 1.29 is 0 Å². The minimum Gasteiger partial charge on any atom is -0.315 e. The first kappa shape index (κ1) is 14.7. The van der Waals surface area contributed by atoms with Gasteiger partial charge in [-0.15, -0.1) is 11.3 Å². The van der Waals surface area contributed by atoms with Gasteiger partial charge in [-0.05, 0) is 43.9 Å². The van der Waals surface area contributed by atoms with Crippen molar-refractivity contribution in [2.24, 2.45) is 0 Å². The van der Waals surface area contributed by atoms with Gasteiger partial charge in [0.05, 0.1) is 0 Å². The molecule has 0 radical (unpaired) electrons. The van der Waals surface area contributed by atoms with Crippen LogP contribution in [0.25, 0.3) is 0 Å². The third-order valence-corrected chi connectivity index (χ3v) is 3.72. The molecule has 17 heavy (non-hydrogen) atoms. The van der Waals surface area contributed by atoms with Crippen molar-refractivity contribution in [2.75, 3.05) is 19.6 Å². The fourth-order valence-electron chi connectivity index (χ4n) is 1.82. The van der Waals surface area contributed by atoms with Crippen LogP contribution in [0.5, 0.6) is 0 Å². The van der Waals surface area contributed by atoms with Crippen LogP contribution in [-0.2, 0) is 6.54 Å². The van der Waals surface area contributed by atoms with Crippen molar-refractivity contribution in [3.05, 3.63) is 22.4 Å². The molecule has 0 saturated carbocycles. The van der Waals surface area contributed by atoms with Crippen molar-refractivity contribution in [1.82, 2.24) is 10.2 Å². The molecule has 0 unspecified atom stereocenters.